The van der Waals surface area contributed by atoms with Crippen LogP contribution >= 0.6 is 0 Å². The van der Waals surface area contributed by atoms with Crippen molar-refractivity contribution in [2.75, 3.05) is 64.4 Å². The number of nitrogens with zero attached hydrogens (tertiary/aromatic N) is 6. The van der Waals surface area contributed by atoms with Gasteiger partial charge in [0, 0.05) is 65.5 Å². The fourth-order valence-corrected chi connectivity index (χ4v) is 6.16. The molecule has 3 aliphatic rings. The van der Waals surface area contributed by atoms with Crippen LogP contribution in [0.2, 0.25) is 0 Å². The van der Waals surface area contributed by atoms with Crippen LogP contribution in [0.15, 0.2) is 12.1 Å². The minimum Gasteiger partial charge on any atom is -0.383 e. The lowest BCUT2D eigenvalue weighted by molar-refractivity contribution is 0.0884. The van der Waals surface area contributed by atoms with Gasteiger partial charge >= 0.3 is 0 Å². The third-order valence-corrected chi connectivity index (χ3v) is 8.30. The number of pyridine rings is 1. The second kappa shape index (κ2) is 11.9. The van der Waals surface area contributed by atoms with E-state index in [0.717, 1.165) is 75.6 Å². The Kier molecular flexibility index (Phi) is 8.39. The molecule has 2 aromatic rings. The van der Waals surface area contributed by atoms with Crippen molar-refractivity contribution in [3.05, 3.63) is 17.8 Å². The average Bonchev–Trinajstić information content (AvgIpc) is 3.36. The molecule has 5 rings (SSSR count). The number of carbonyl (C=O) groups excluding carboxylic acids is 1. The van der Waals surface area contributed by atoms with Crippen LogP contribution in [0.4, 0.5) is 5.82 Å². The standard InChI is InChI=1S/C27H43N7O2/c1-31-26-23(9-10-24(29-26)34-13-5-3-4-6-14-34)25(30-31)27(35)28-21-11-16-32(17-12-21)18-19-33-15-7-8-22(33)20-36-2/h9-10,21-22H,3-8,11-20H2,1-2H3,(H,28,35)/t22-/m0/s1. The lowest BCUT2D eigenvalue weighted by Crippen LogP contribution is -2.47. The van der Waals surface area contributed by atoms with Gasteiger partial charge in [-0.1, -0.05) is 12.8 Å². The lowest BCUT2D eigenvalue weighted by atomic mass is 10.0. The molecule has 36 heavy (non-hydrogen) atoms. The molecule has 5 heterocycles. The molecule has 0 bridgehead atoms. The molecule has 3 fully saturated rings. The van der Waals surface area contributed by atoms with E-state index in [1.165, 1.54) is 45.1 Å². The molecule has 9 heteroatoms. The molecular formula is C27H43N7O2. The highest BCUT2D eigenvalue weighted by molar-refractivity contribution is 6.04. The Hall–Kier alpha value is -2.23. The number of likely N-dealkylation sites (tertiary alicyclic amines) is 2. The van der Waals surface area contributed by atoms with Crippen LogP contribution in [0.25, 0.3) is 11.0 Å². The number of methoxy groups -OCH3 is 1. The highest BCUT2D eigenvalue weighted by Gasteiger charge is 2.27. The Bertz CT molecular complexity index is 1010. The number of ether oxygens (including phenoxy) is 1. The van der Waals surface area contributed by atoms with Crippen molar-refractivity contribution in [2.24, 2.45) is 7.05 Å². The third-order valence-electron chi connectivity index (χ3n) is 8.30. The smallest absolute Gasteiger partial charge is 0.272 e. The van der Waals surface area contributed by atoms with Crippen molar-refractivity contribution in [2.45, 2.75) is 63.5 Å². The molecule has 3 saturated heterocycles. The molecule has 1 atom stereocenters. The first-order valence-corrected chi connectivity index (χ1v) is 14.0. The van der Waals surface area contributed by atoms with Gasteiger partial charge in [0.15, 0.2) is 11.3 Å². The van der Waals surface area contributed by atoms with E-state index in [1.54, 1.807) is 11.8 Å². The first-order chi connectivity index (χ1) is 17.6. The van der Waals surface area contributed by atoms with Crippen LogP contribution in [0.3, 0.4) is 0 Å². The summed E-state index contributed by atoms with van der Waals surface area (Å²) in [6, 6.07) is 4.86. The van der Waals surface area contributed by atoms with E-state index in [-0.39, 0.29) is 11.9 Å². The fourth-order valence-electron chi connectivity index (χ4n) is 6.16. The van der Waals surface area contributed by atoms with Gasteiger partial charge in [-0.15, -0.1) is 0 Å². The molecule has 0 unspecified atom stereocenters. The minimum atomic E-state index is -0.0807. The maximum absolute atomic E-state index is 13.2. The van der Waals surface area contributed by atoms with Gasteiger partial charge in [0.2, 0.25) is 0 Å². The zero-order chi connectivity index (χ0) is 24.9. The molecule has 0 saturated carbocycles. The van der Waals surface area contributed by atoms with Crippen LogP contribution in [-0.2, 0) is 11.8 Å². The number of hydrogen-bond donors (Lipinski definition) is 1. The van der Waals surface area contributed by atoms with E-state index < -0.39 is 0 Å². The lowest BCUT2D eigenvalue weighted by Gasteiger charge is -2.34. The second-order valence-electron chi connectivity index (χ2n) is 10.8. The number of nitrogens with one attached hydrogen (secondary N) is 1. The van der Waals surface area contributed by atoms with Gasteiger partial charge < -0.3 is 19.9 Å². The Morgan fingerprint density at radius 3 is 2.53 bits per heavy atom. The summed E-state index contributed by atoms with van der Waals surface area (Å²) in [7, 11) is 3.68. The van der Waals surface area contributed by atoms with Crippen molar-refractivity contribution < 1.29 is 9.53 Å². The predicted octanol–water partition coefficient (Wildman–Crippen LogP) is 2.65. The summed E-state index contributed by atoms with van der Waals surface area (Å²) in [6.45, 7) is 8.38. The quantitative estimate of drug-likeness (QED) is 0.601. The van der Waals surface area contributed by atoms with E-state index in [1.807, 2.05) is 13.1 Å². The summed E-state index contributed by atoms with van der Waals surface area (Å²) in [5.74, 6) is 0.914. The van der Waals surface area contributed by atoms with E-state index in [4.69, 9.17) is 9.72 Å². The van der Waals surface area contributed by atoms with Crippen molar-refractivity contribution >= 4 is 22.8 Å². The summed E-state index contributed by atoms with van der Waals surface area (Å²) in [4.78, 5) is 25.6. The molecule has 0 spiro atoms. The van der Waals surface area contributed by atoms with Crippen LogP contribution in [-0.4, -0.2) is 102 Å². The van der Waals surface area contributed by atoms with Crippen molar-refractivity contribution in [3.63, 3.8) is 0 Å². The number of amides is 1. The molecule has 1 N–H and O–H groups in total. The second-order valence-corrected chi connectivity index (χ2v) is 10.8. The number of anilines is 1. The van der Waals surface area contributed by atoms with Crippen LogP contribution < -0.4 is 10.2 Å². The topological polar surface area (TPSA) is 78.8 Å². The molecule has 198 valence electrons. The number of piperidine rings is 1. The van der Waals surface area contributed by atoms with Crippen LogP contribution in [0, 0.1) is 0 Å². The fraction of sp³-hybridized carbons (Fsp3) is 0.741. The monoisotopic (exact) mass is 497 g/mol. The van der Waals surface area contributed by atoms with Gasteiger partial charge in [0.05, 0.1) is 12.0 Å². The van der Waals surface area contributed by atoms with E-state index in [0.29, 0.717) is 11.7 Å². The highest BCUT2D eigenvalue weighted by atomic mass is 16.5. The largest absolute Gasteiger partial charge is 0.383 e. The van der Waals surface area contributed by atoms with Crippen molar-refractivity contribution in [1.29, 1.82) is 0 Å². The number of hydrogen-bond acceptors (Lipinski definition) is 7. The average molecular weight is 498 g/mol. The zero-order valence-corrected chi connectivity index (χ0v) is 22.1. The Morgan fingerprint density at radius 2 is 1.78 bits per heavy atom. The first-order valence-electron chi connectivity index (χ1n) is 14.0. The Labute approximate surface area is 215 Å². The van der Waals surface area contributed by atoms with Gasteiger partial charge in [-0.3, -0.25) is 9.69 Å². The summed E-state index contributed by atoms with van der Waals surface area (Å²) < 4.78 is 7.15. The maximum Gasteiger partial charge on any atom is 0.272 e. The van der Waals surface area contributed by atoms with E-state index >= 15 is 0 Å². The van der Waals surface area contributed by atoms with Gasteiger partial charge in [-0.25, -0.2) is 9.67 Å². The van der Waals surface area contributed by atoms with Gasteiger partial charge in [-0.05, 0) is 57.2 Å². The van der Waals surface area contributed by atoms with Crippen LogP contribution in [0.5, 0.6) is 0 Å². The predicted molar refractivity (Wildman–Crippen MR) is 143 cm³/mol. The minimum absolute atomic E-state index is 0.0807. The summed E-state index contributed by atoms with van der Waals surface area (Å²) >= 11 is 0. The number of aromatic nitrogens is 3. The maximum atomic E-state index is 13.2. The molecule has 9 nitrogen and oxygen atoms in total. The highest BCUT2D eigenvalue weighted by Crippen LogP contribution is 2.24. The molecule has 2 aromatic heterocycles. The number of carbonyl (C=O) groups is 1. The number of aryl methyl sites for hydroxylation is 1. The number of rotatable bonds is 8. The van der Waals surface area contributed by atoms with Gasteiger partial charge in [0.25, 0.3) is 5.91 Å². The molecular weight excluding hydrogens is 454 g/mol. The van der Waals surface area contributed by atoms with Crippen molar-refractivity contribution in [1.82, 2.24) is 29.9 Å². The molecule has 0 aliphatic carbocycles. The zero-order valence-electron chi connectivity index (χ0n) is 22.1. The molecule has 0 aromatic carbocycles. The summed E-state index contributed by atoms with van der Waals surface area (Å²) in [5, 5.41) is 8.67. The normalized spacial score (nSPS) is 22.8. The molecule has 1 amide bonds. The van der Waals surface area contributed by atoms with E-state index in [9.17, 15) is 4.79 Å². The van der Waals surface area contributed by atoms with Gasteiger partial charge in [-0.2, -0.15) is 5.10 Å². The third kappa shape index (κ3) is 5.84. The van der Waals surface area contributed by atoms with Crippen molar-refractivity contribution in [3.8, 4) is 0 Å². The Balaban J connectivity index is 1.14. The summed E-state index contributed by atoms with van der Waals surface area (Å²) in [6.07, 6.45) is 9.50. The van der Waals surface area contributed by atoms with Gasteiger partial charge in [0.1, 0.15) is 5.82 Å². The summed E-state index contributed by atoms with van der Waals surface area (Å²) in [5.41, 5.74) is 1.27. The molecule has 0 radical (unpaired) electrons. The van der Waals surface area contributed by atoms with Crippen LogP contribution in [0.1, 0.15) is 61.9 Å². The molecule has 3 aliphatic heterocycles. The SMILES string of the molecule is COC[C@@H]1CCCN1CCN1CCC(NC(=O)c2nn(C)c3nc(N4CCCCCC4)ccc23)CC1. The number of fused-ring (bicyclic) bond motifs is 1. The Morgan fingerprint density at radius 1 is 1.00 bits per heavy atom. The first kappa shape index (κ1) is 25.4. The van der Waals surface area contributed by atoms with E-state index in [2.05, 4.69) is 31.2 Å².